The van der Waals surface area contributed by atoms with E-state index >= 15 is 0 Å². The molecule has 0 bridgehead atoms. The summed E-state index contributed by atoms with van der Waals surface area (Å²) in [6.45, 7) is 8.53. The molecule has 1 amide bonds. The molecule has 0 radical (unpaired) electrons. The van der Waals surface area contributed by atoms with Crippen molar-refractivity contribution in [3.63, 3.8) is 0 Å². The SMILES string of the molecule is Cc1nn(C)c(C)c1[C@H](C)NC1CCN(c2ccc(C(=O)NCc3ccccc3F)cc2)CC1. The fourth-order valence-electron chi connectivity index (χ4n) is 4.90. The monoisotopic (exact) mass is 463 g/mol. The molecular weight excluding hydrogens is 429 g/mol. The van der Waals surface area contributed by atoms with Crippen LogP contribution in [0.3, 0.4) is 0 Å². The number of aromatic nitrogens is 2. The normalized spacial score (nSPS) is 15.4. The molecule has 6 nitrogen and oxygen atoms in total. The Labute approximate surface area is 201 Å². The molecule has 7 heteroatoms. The van der Waals surface area contributed by atoms with E-state index in [0.717, 1.165) is 37.3 Å². The van der Waals surface area contributed by atoms with Gasteiger partial charge in [-0.05, 0) is 63.9 Å². The summed E-state index contributed by atoms with van der Waals surface area (Å²) in [5, 5.41) is 11.1. The van der Waals surface area contributed by atoms with Crippen molar-refractivity contribution in [3.05, 3.63) is 82.4 Å². The van der Waals surface area contributed by atoms with Gasteiger partial charge in [-0.1, -0.05) is 18.2 Å². The Hall–Kier alpha value is -3.19. The first kappa shape index (κ1) is 24.0. The maximum absolute atomic E-state index is 13.8. The van der Waals surface area contributed by atoms with Crippen molar-refractivity contribution >= 4 is 11.6 Å². The van der Waals surface area contributed by atoms with Gasteiger partial charge in [-0.3, -0.25) is 9.48 Å². The van der Waals surface area contributed by atoms with Crippen LogP contribution in [-0.4, -0.2) is 34.8 Å². The van der Waals surface area contributed by atoms with Gasteiger partial charge in [0.15, 0.2) is 0 Å². The van der Waals surface area contributed by atoms with Gasteiger partial charge in [0.2, 0.25) is 0 Å². The van der Waals surface area contributed by atoms with Gasteiger partial charge in [0.25, 0.3) is 5.91 Å². The highest BCUT2D eigenvalue weighted by molar-refractivity contribution is 5.94. The zero-order chi connectivity index (χ0) is 24.2. The lowest BCUT2D eigenvalue weighted by Gasteiger charge is -2.35. The lowest BCUT2D eigenvalue weighted by atomic mass is 10.00. The van der Waals surface area contributed by atoms with Crippen molar-refractivity contribution in [2.24, 2.45) is 7.05 Å². The van der Waals surface area contributed by atoms with E-state index in [4.69, 9.17) is 0 Å². The van der Waals surface area contributed by atoms with Crippen LogP contribution in [-0.2, 0) is 13.6 Å². The van der Waals surface area contributed by atoms with E-state index in [1.54, 1.807) is 18.2 Å². The molecule has 1 atom stereocenters. The van der Waals surface area contributed by atoms with E-state index in [-0.39, 0.29) is 24.3 Å². The highest BCUT2D eigenvalue weighted by atomic mass is 19.1. The number of hydrogen-bond acceptors (Lipinski definition) is 4. The minimum absolute atomic E-state index is 0.171. The zero-order valence-corrected chi connectivity index (χ0v) is 20.4. The van der Waals surface area contributed by atoms with Gasteiger partial charge >= 0.3 is 0 Å². The number of anilines is 1. The summed E-state index contributed by atoms with van der Waals surface area (Å²) in [6.07, 6.45) is 2.13. The number of carbonyl (C=O) groups excluding carboxylic acids is 1. The first-order valence-corrected chi connectivity index (χ1v) is 12.0. The Morgan fingerprint density at radius 3 is 2.41 bits per heavy atom. The van der Waals surface area contributed by atoms with Crippen LogP contribution < -0.4 is 15.5 Å². The Balaban J connectivity index is 1.28. The smallest absolute Gasteiger partial charge is 0.251 e. The predicted molar refractivity (Wildman–Crippen MR) is 133 cm³/mol. The van der Waals surface area contributed by atoms with Crippen molar-refractivity contribution < 1.29 is 9.18 Å². The minimum atomic E-state index is -0.309. The van der Waals surface area contributed by atoms with Crippen LogP contribution >= 0.6 is 0 Å². The van der Waals surface area contributed by atoms with Crippen LogP contribution in [0.1, 0.15) is 58.7 Å². The van der Waals surface area contributed by atoms with Crippen LogP contribution in [0, 0.1) is 19.7 Å². The summed E-state index contributed by atoms with van der Waals surface area (Å²) in [6, 6.07) is 14.9. The molecule has 2 N–H and O–H groups in total. The number of nitrogens with zero attached hydrogens (tertiary/aromatic N) is 3. The van der Waals surface area contributed by atoms with Gasteiger partial charge in [0.1, 0.15) is 5.82 Å². The molecule has 4 rings (SSSR count). The first-order valence-electron chi connectivity index (χ1n) is 12.0. The number of piperidine rings is 1. The highest BCUT2D eigenvalue weighted by Gasteiger charge is 2.23. The van der Waals surface area contributed by atoms with Crippen LogP contribution in [0.5, 0.6) is 0 Å². The van der Waals surface area contributed by atoms with Crippen molar-refractivity contribution in [1.82, 2.24) is 20.4 Å². The van der Waals surface area contributed by atoms with Crippen molar-refractivity contribution in [2.45, 2.75) is 52.2 Å². The van der Waals surface area contributed by atoms with E-state index in [1.807, 2.05) is 36.0 Å². The maximum Gasteiger partial charge on any atom is 0.251 e. The Morgan fingerprint density at radius 1 is 1.12 bits per heavy atom. The fraction of sp³-hybridized carbons (Fsp3) is 0.407. The van der Waals surface area contributed by atoms with Gasteiger partial charge in [0, 0.05) is 66.8 Å². The van der Waals surface area contributed by atoms with Crippen molar-refractivity contribution in [2.75, 3.05) is 18.0 Å². The zero-order valence-electron chi connectivity index (χ0n) is 20.4. The molecule has 2 heterocycles. The standard InChI is InChI=1S/C27H34FN5O/c1-18(26-19(2)31-32(4)20(26)3)30-23-13-15-33(16-14-23)24-11-9-21(10-12-24)27(34)29-17-22-7-5-6-8-25(22)28/h5-12,18,23,30H,13-17H2,1-4H3,(H,29,34)/t18-/m0/s1. The average molecular weight is 464 g/mol. The number of hydrogen-bond donors (Lipinski definition) is 2. The van der Waals surface area contributed by atoms with Gasteiger partial charge in [-0.15, -0.1) is 0 Å². The number of carbonyl (C=O) groups is 1. The van der Waals surface area contributed by atoms with Crippen LogP contribution in [0.4, 0.5) is 10.1 Å². The molecule has 1 aliphatic rings. The van der Waals surface area contributed by atoms with E-state index in [9.17, 15) is 9.18 Å². The largest absolute Gasteiger partial charge is 0.371 e. The second-order valence-electron chi connectivity index (χ2n) is 9.18. The molecule has 3 aromatic rings. The van der Waals surface area contributed by atoms with Crippen molar-refractivity contribution in [1.29, 1.82) is 0 Å². The third-order valence-corrected chi connectivity index (χ3v) is 6.87. The molecule has 1 fully saturated rings. The summed E-state index contributed by atoms with van der Waals surface area (Å²) >= 11 is 0. The van der Waals surface area contributed by atoms with Gasteiger partial charge in [-0.25, -0.2) is 4.39 Å². The molecular formula is C27H34FN5O. The third kappa shape index (κ3) is 5.30. The van der Waals surface area contributed by atoms with E-state index in [1.165, 1.54) is 17.3 Å². The Kier molecular flexibility index (Phi) is 7.32. The summed E-state index contributed by atoms with van der Waals surface area (Å²) in [7, 11) is 2.00. The van der Waals surface area contributed by atoms with E-state index in [2.05, 4.69) is 41.4 Å². The summed E-state index contributed by atoms with van der Waals surface area (Å²) in [5.41, 5.74) is 5.79. The lowest BCUT2D eigenvalue weighted by molar-refractivity contribution is 0.0950. The number of amides is 1. The number of halogens is 1. The fourth-order valence-corrected chi connectivity index (χ4v) is 4.90. The topological polar surface area (TPSA) is 62.2 Å². The highest BCUT2D eigenvalue weighted by Crippen LogP contribution is 2.25. The molecule has 0 saturated carbocycles. The van der Waals surface area contributed by atoms with Crippen LogP contribution in [0.15, 0.2) is 48.5 Å². The Bertz CT molecular complexity index is 1130. The number of rotatable bonds is 7. The van der Waals surface area contributed by atoms with E-state index < -0.39 is 0 Å². The number of benzene rings is 2. The molecule has 1 aliphatic heterocycles. The van der Waals surface area contributed by atoms with E-state index in [0.29, 0.717) is 17.2 Å². The summed E-state index contributed by atoms with van der Waals surface area (Å²) in [5.74, 6) is -0.510. The quantitative estimate of drug-likeness (QED) is 0.544. The van der Waals surface area contributed by atoms with Crippen LogP contribution in [0.25, 0.3) is 0 Å². The lowest BCUT2D eigenvalue weighted by Crippen LogP contribution is -2.43. The second kappa shape index (κ2) is 10.4. The molecule has 2 aromatic carbocycles. The molecule has 0 aliphatic carbocycles. The molecule has 1 saturated heterocycles. The minimum Gasteiger partial charge on any atom is -0.371 e. The Morgan fingerprint density at radius 2 is 1.79 bits per heavy atom. The maximum atomic E-state index is 13.8. The third-order valence-electron chi connectivity index (χ3n) is 6.87. The second-order valence-corrected chi connectivity index (χ2v) is 9.18. The van der Waals surface area contributed by atoms with Crippen LogP contribution in [0.2, 0.25) is 0 Å². The van der Waals surface area contributed by atoms with Gasteiger partial charge in [-0.2, -0.15) is 5.10 Å². The van der Waals surface area contributed by atoms with Gasteiger partial charge in [0.05, 0.1) is 5.69 Å². The van der Waals surface area contributed by atoms with Gasteiger partial charge < -0.3 is 15.5 Å². The molecule has 180 valence electrons. The molecule has 34 heavy (non-hydrogen) atoms. The molecule has 1 aromatic heterocycles. The molecule has 0 unspecified atom stereocenters. The summed E-state index contributed by atoms with van der Waals surface area (Å²) < 4.78 is 15.7. The predicted octanol–water partition coefficient (Wildman–Crippen LogP) is 4.43. The number of nitrogens with one attached hydrogen (secondary N) is 2. The molecule has 0 spiro atoms. The summed E-state index contributed by atoms with van der Waals surface area (Å²) in [4.78, 5) is 14.8. The number of aryl methyl sites for hydroxylation is 2. The van der Waals surface area contributed by atoms with Crippen molar-refractivity contribution in [3.8, 4) is 0 Å². The average Bonchev–Trinajstić information content (AvgIpc) is 3.10. The first-order chi connectivity index (χ1) is 16.3.